The topological polar surface area (TPSA) is 84.0 Å². The van der Waals surface area contributed by atoms with Crippen LogP contribution in [0, 0.1) is 5.82 Å². The van der Waals surface area contributed by atoms with Crippen LogP contribution in [0.2, 0.25) is 5.02 Å². The highest BCUT2D eigenvalue weighted by Crippen LogP contribution is 2.24. The van der Waals surface area contributed by atoms with Crippen LogP contribution in [0.5, 0.6) is 0 Å². The summed E-state index contributed by atoms with van der Waals surface area (Å²) in [6.07, 6.45) is 0. The molecule has 9 heteroatoms. The molecule has 1 aromatic heterocycles. The zero-order chi connectivity index (χ0) is 20.3. The highest BCUT2D eigenvalue weighted by atomic mass is 35.5. The van der Waals surface area contributed by atoms with Gasteiger partial charge >= 0.3 is 0 Å². The van der Waals surface area contributed by atoms with Gasteiger partial charge < -0.3 is 5.32 Å². The van der Waals surface area contributed by atoms with E-state index >= 15 is 0 Å². The van der Waals surface area contributed by atoms with Crippen molar-refractivity contribution in [2.45, 2.75) is 32.2 Å². The summed E-state index contributed by atoms with van der Waals surface area (Å²) in [5.41, 5.74) is 1.48. The second-order valence-corrected chi connectivity index (χ2v) is 9.30. The second-order valence-electron chi connectivity index (χ2n) is 6.54. The van der Waals surface area contributed by atoms with E-state index in [0.29, 0.717) is 28.7 Å². The van der Waals surface area contributed by atoms with Gasteiger partial charge in [-0.25, -0.2) is 27.5 Å². The molecular formula is C19H20ClFN4O2S. The third-order valence-electron chi connectivity index (χ3n) is 4.13. The molecule has 0 bridgehead atoms. The molecule has 0 spiro atoms. The molecule has 0 amide bonds. The smallest absolute Gasteiger partial charge is 0.214 e. The lowest BCUT2D eigenvalue weighted by Crippen LogP contribution is -2.31. The van der Waals surface area contributed by atoms with E-state index in [-0.39, 0.29) is 12.4 Å². The van der Waals surface area contributed by atoms with Gasteiger partial charge in [-0.2, -0.15) is 0 Å². The molecule has 2 aromatic carbocycles. The Morgan fingerprint density at radius 3 is 2.46 bits per heavy atom. The van der Waals surface area contributed by atoms with Gasteiger partial charge in [-0.15, -0.1) is 0 Å². The van der Waals surface area contributed by atoms with Crippen LogP contribution in [0.3, 0.4) is 0 Å². The third kappa shape index (κ3) is 4.95. The Kier molecular flexibility index (Phi) is 6.12. The van der Waals surface area contributed by atoms with Crippen molar-refractivity contribution in [3.63, 3.8) is 0 Å². The number of rotatable bonds is 7. The minimum atomic E-state index is -3.44. The average Bonchev–Trinajstić information content (AvgIpc) is 2.65. The molecule has 0 fully saturated rings. The summed E-state index contributed by atoms with van der Waals surface area (Å²) in [4.78, 5) is 8.87. The number of hydrogen-bond donors (Lipinski definition) is 2. The van der Waals surface area contributed by atoms with E-state index in [0.717, 1.165) is 10.9 Å². The summed E-state index contributed by atoms with van der Waals surface area (Å²) in [7, 11) is -3.44. The molecule has 148 valence electrons. The molecule has 3 aromatic rings. The van der Waals surface area contributed by atoms with E-state index < -0.39 is 15.3 Å². The lowest BCUT2D eigenvalue weighted by atomic mass is 10.2. The zero-order valence-corrected chi connectivity index (χ0v) is 17.0. The van der Waals surface area contributed by atoms with Gasteiger partial charge in [0.25, 0.3) is 0 Å². The van der Waals surface area contributed by atoms with Crippen molar-refractivity contribution in [2.24, 2.45) is 0 Å². The Balaban J connectivity index is 1.89. The molecular weight excluding hydrogens is 403 g/mol. The summed E-state index contributed by atoms with van der Waals surface area (Å²) in [5.74, 6) is 0.566. The van der Waals surface area contributed by atoms with Crippen LogP contribution < -0.4 is 10.0 Å². The summed E-state index contributed by atoms with van der Waals surface area (Å²) in [6, 6.07) is 11.4. The number of sulfonamides is 1. The Morgan fingerprint density at radius 1 is 1.07 bits per heavy atom. The van der Waals surface area contributed by atoms with Gasteiger partial charge in [0.2, 0.25) is 10.0 Å². The average molecular weight is 423 g/mol. The van der Waals surface area contributed by atoms with Crippen molar-refractivity contribution < 1.29 is 12.8 Å². The number of nitrogens with zero attached hydrogens (tertiary/aromatic N) is 2. The van der Waals surface area contributed by atoms with Gasteiger partial charge in [-0.1, -0.05) is 23.7 Å². The van der Waals surface area contributed by atoms with Gasteiger partial charge in [0, 0.05) is 17.0 Å². The van der Waals surface area contributed by atoms with E-state index in [1.54, 1.807) is 44.2 Å². The number of aromatic nitrogens is 2. The monoisotopic (exact) mass is 422 g/mol. The minimum absolute atomic E-state index is 0.0335. The fraction of sp³-hybridized carbons (Fsp3) is 0.263. The molecule has 0 aliphatic rings. The normalized spacial score (nSPS) is 11.9. The fourth-order valence-electron chi connectivity index (χ4n) is 2.48. The number of anilines is 1. The Hall–Kier alpha value is -2.29. The van der Waals surface area contributed by atoms with Crippen LogP contribution in [0.15, 0.2) is 42.5 Å². The summed E-state index contributed by atoms with van der Waals surface area (Å²) in [5, 5.41) is 3.92. The third-order valence-corrected chi connectivity index (χ3v) is 6.15. The molecule has 0 unspecified atom stereocenters. The van der Waals surface area contributed by atoms with Crippen molar-refractivity contribution in [2.75, 3.05) is 5.32 Å². The number of hydrogen-bond acceptors (Lipinski definition) is 5. The predicted octanol–water partition coefficient (Wildman–Crippen LogP) is 3.86. The quantitative estimate of drug-likeness (QED) is 0.604. The number of nitrogens with one attached hydrogen (secondary N) is 2. The van der Waals surface area contributed by atoms with E-state index in [1.807, 2.05) is 0 Å². The van der Waals surface area contributed by atoms with Crippen LogP contribution in [-0.4, -0.2) is 23.6 Å². The highest BCUT2D eigenvalue weighted by Gasteiger charge is 2.16. The largest absolute Gasteiger partial charge is 0.365 e. The maximum absolute atomic E-state index is 13.1. The van der Waals surface area contributed by atoms with Gasteiger partial charge in [0.1, 0.15) is 17.5 Å². The summed E-state index contributed by atoms with van der Waals surface area (Å²) >= 11 is 6.07. The molecule has 0 aliphatic heterocycles. The molecule has 0 aliphatic carbocycles. The van der Waals surface area contributed by atoms with E-state index in [1.165, 1.54) is 12.1 Å². The standard InChI is InChI=1S/C19H20ClFN4O2S/c1-12(2)28(26,27)23-11-18-24-17-9-14(20)5-8-16(17)19(25-18)22-10-13-3-6-15(21)7-4-13/h3-9,12,23H,10-11H2,1-2H3,(H,22,24,25). The molecule has 0 saturated heterocycles. The summed E-state index contributed by atoms with van der Waals surface area (Å²) < 4.78 is 39.6. The van der Waals surface area contributed by atoms with E-state index in [4.69, 9.17) is 11.6 Å². The first-order valence-corrected chi connectivity index (χ1v) is 10.6. The van der Waals surface area contributed by atoms with Crippen molar-refractivity contribution >= 4 is 38.3 Å². The van der Waals surface area contributed by atoms with Crippen LogP contribution in [-0.2, 0) is 23.1 Å². The van der Waals surface area contributed by atoms with Crippen molar-refractivity contribution in [3.05, 3.63) is 64.7 Å². The SMILES string of the molecule is CC(C)S(=O)(=O)NCc1nc(NCc2ccc(F)cc2)c2ccc(Cl)cc2n1. The molecule has 2 N–H and O–H groups in total. The zero-order valence-electron chi connectivity index (χ0n) is 15.4. The second kappa shape index (κ2) is 8.38. The van der Waals surface area contributed by atoms with Crippen LogP contribution >= 0.6 is 11.6 Å². The molecule has 6 nitrogen and oxygen atoms in total. The lowest BCUT2D eigenvalue weighted by Gasteiger charge is -2.13. The molecule has 0 radical (unpaired) electrons. The van der Waals surface area contributed by atoms with Gasteiger partial charge in [-0.3, -0.25) is 0 Å². The molecule has 28 heavy (non-hydrogen) atoms. The molecule has 3 rings (SSSR count). The van der Waals surface area contributed by atoms with Gasteiger partial charge in [-0.05, 0) is 49.7 Å². The van der Waals surface area contributed by atoms with E-state index in [9.17, 15) is 12.8 Å². The first-order valence-electron chi connectivity index (χ1n) is 8.67. The summed E-state index contributed by atoms with van der Waals surface area (Å²) in [6.45, 7) is 3.58. The number of fused-ring (bicyclic) bond motifs is 1. The number of benzene rings is 2. The predicted molar refractivity (Wildman–Crippen MR) is 109 cm³/mol. The Morgan fingerprint density at radius 2 is 1.79 bits per heavy atom. The first kappa shape index (κ1) is 20.4. The Bertz CT molecular complexity index is 1090. The van der Waals surface area contributed by atoms with Gasteiger partial charge in [0.05, 0.1) is 17.3 Å². The molecule has 1 heterocycles. The van der Waals surface area contributed by atoms with Crippen LogP contribution in [0.1, 0.15) is 25.2 Å². The molecule has 0 atom stereocenters. The van der Waals surface area contributed by atoms with Gasteiger partial charge in [0.15, 0.2) is 0 Å². The maximum atomic E-state index is 13.1. The van der Waals surface area contributed by atoms with Crippen molar-refractivity contribution in [1.82, 2.24) is 14.7 Å². The molecule has 0 saturated carbocycles. The van der Waals surface area contributed by atoms with E-state index in [2.05, 4.69) is 20.0 Å². The Labute approximate surface area is 168 Å². The lowest BCUT2D eigenvalue weighted by molar-refractivity contribution is 0.570. The maximum Gasteiger partial charge on any atom is 0.214 e. The first-order chi connectivity index (χ1) is 13.2. The highest BCUT2D eigenvalue weighted by molar-refractivity contribution is 7.90. The number of halogens is 2. The van der Waals surface area contributed by atoms with Crippen LogP contribution in [0.4, 0.5) is 10.2 Å². The van der Waals surface area contributed by atoms with Crippen molar-refractivity contribution in [1.29, 1.82) is 0 Å². The fourth-order valence-corrected chi connectivity index (χ4v) is 3.31. The van der Waals surface area contributed by atoms with Crippen LogP contribution in [0.25, 0.3) is 10.9 Å². The minimum Gasteiger partial charge on any atom is -0.365 e. The van der Waals surface area contributed by atoms with Crippen molar-refractivity contribution in [3.8, 4) is 0 Å².